The van der Waals surface area contributed by atoms with Crippen LogP contribution in [-0.2, 0) is 5.41 Å². The van der Waals surface area contributed by atoms with Gasteiger partial charge >= 0.3 is 0 Å². The number of piperidine rings is 1. The Bertz CT molecular complexity index is 877. The summed E-state index contributed by atoms with van der Waals surface area (Å²) in [6.45, 7) is 0.938. The van der Waals surface area contributed by atoms with E-state index in [-0.39, 0.29) is 17.2 Å². The second kappa shape index (κ2) is 6.62. The van der Waals surface area contributed by atoms with Crippen LogP contribution < -0.4 is 10.5 Å². The van der Waals surface area contributed by atoms with Crippen LogP contribution in [0, 0.1) is 5.82 Å². The van der Waals surface area contributed by atoms with Gasteiger partial charge in [-0.1, -0.05) is 30.3 Å². The van der Waals surface area contributed by atoms with Crippen molar-refractivity contribution in [1.82, 2.24) is 4.90 Å². The molecule has 5 nitrogen and oxygen atoms in total. The average Bonchev–Trinajstić information content (AvgIpc) is 2.90. The summed E-state index contributed by atoms with van der Waals surface area (Å²) in [5.74, 6) is -0.842. The SMILES string of the molecule is COc1c(F)cccc1C(=O)N1CCC2(CC1)c1ccccc1[C@@H](N)[C@@H]2O. The maximum absolute atomic E-state index is 13.9. The highest BCUT2D eigenvalue weighted by atomic mass is 19.1. The Labute approximate surface area is 157 Å². The number of likely N-dealkylation sites (tertiary alicyclic amines) is 1. The van der Waals surface area contributed by atoms with E-state index >= 15 is 0 Å². The molecule has 1 amide bonds. The molecular formula is C21H23FN2O3. The third kappa shape index (κ3) is 2.63. The molecule has 1 fully saturated rings. The van der Waals surface area contributed by atoms with Gasteiger partial charge in [0, 0.05) is 18.5 Å². The van der Waals surface area contributed by atoms with Crippen molar-refractivity contribution in [3.8, 4) is 5.75 Å². The first-order valence-corrected chi connectivity index (χ1v) is 9.14. The highest BCUT2D eigenvalue weighted by Gasteiger charge is 2.51. The van der Waals surface area contributed by atoms with Crippen molar-refractivity contribution >= 4 is 5.91 Å². The van der Waals surface area contributed by atoms with Crippen molar-refractivity contribution in [3.63, 3.8) is 0 Å². The first kappa shape index (κ1) is 17.9. The number of hydrogen-bond acceptors (Lipinski definition) is 4. The predicted octanol–water partition coefficient (Wildman–Crippen LogP) is 2.38. The van der Waals surface area contributed by atoms with Crippen molar-refractivity contribution in [2.75, 3.05) is 20.2 Å². The van der Waals surface area contributed by atoms with Gasteiger partial charge in [-0.25, -0.2) is 4.39 Å². The van der Waals surface area contributed by atoms with E-state index in [9.17, 15) is 14.3 Å². The van der Waals surface area contributed by atoms with E-state index in [1.165, 1.54) is 19.2 Å². The molecule has 3 N–H and O–H groups in total. The fourth-order valence-corrected chi connectivity index (χ4v) is 4.64. The zero-order chi connectivity index (χ0) is 19.2. The molecule has 1 heterocycles. The Hall–Kier alpha value is -2.44. The molecular weight excluding hydrogens is 347 g/mol. The van der Waals surface area contributed by atoms with E-state index in [0.29, 0.717) is 25.9 Å². The van der Waals surface area contributed by atoms with Crippen LogP contribution in [0.4, 0.5) is 4.39 Å². The fraction of sp³-hybridized carbons (Fsp3) is 0.381. The fourth-order valence-electron chi connectivity index (χ4n) is 4.64. The molecule has 1 spiro atoms. The third-order valence-electron chi connectivity index (χ3n) is 6.11. The van der Waals surface area contributed by atoms with Crippen molar-refractivity contribution < 1.29 is 19.0 Å². The van der Waals surface area contributed by atoms with Crippen LogP contribution in [-0.4, -0.2) is 42.2 Å². The highest BCUT2D eigenvalue weighted by Crippen LogP contribution is 2.50. The van der Waals surface area contributed by atoms with E-state index in [0.717, 1.165) is 11.1 Å². The number of carbonyl (C=O) groups excluding carboxylic acids is 1. The molecule has 1 aliphatic heterocycles. The molecule has 0 bridgehead atoms. The van der Waals surface area contributed by atoms with Gasteiger partial charge in [0.25, 0.3) is 5.91 Å². The van der Waals surface area contributed by atoms with Crippen molar-refractivity contribution in [2.45, 2.75) is 30.4 Å². The molecule has 142 valence electrons. The van der Waals surface area contributed by atoms with Crippen molar-refractivity contribution in [1.29, 1.82) is 0 Å². The van der Waals surface area contributed by atoms with Gasteiger partial charge in [-0.05, 0) is 36.1 Å². The van der Waals surface area contributed by atoms with Crippen LogP contribution >= 0.6 is 0 Å². The lowest BCUT2D eigenvalue weighted by atomic mass is 9.72. The summed E-state index contributed by atoms with van der Waals surface area (Å²) in [5, 5.41) is 10.9. The third-order valence-corrected chi connectivity index (χ3v) is 6.11. The number of amides is 1. The Kier molecular flexibility index (Phi) is 4.40. The van der Waals surface area contributed by atoms with E-state index in [1.54, 1.807) is 11.0 Å². The number of hydrogen-bond donors (Lipinski definition) is 2. The van der Waals surface area contributed by atoms with E-state index in [1.807, 2.05) is 24.3 Å². The van der Waals surface area contributed by atoms with Crippen LogP contribution in [0.5, 0.6) is 5.75 Å². The number of halogens is 1. The molecule has 2 atom stereocenters. The topological polar surface area (TPSA) is 75.8 Å². The summed E-state index contributed by atoms with van der Waals surface area (Å²) >= 11 is 0. The number of carbonyl (C=O) groups is 1. The minimum Gasteiger partial charge on any atom is -0.493 e. The molecule has 2 aromatic carbocycles. The van der Waals surface area contributed by atoms with Crippen molar-refractivity contribution in [3.05, 3.63) is 65.0 Å². The second-order valence-corrected chi connectivity index (χ2v) is 7.33. The van der Waals surface area contributed by atoms with Gasteiger partial charge in [0.05, 0.1) is 24.8 Å². The summed E-state index contributed by atoms with van der Waals surface area (Å²) < 4.78 is 19.0. The van der Waals surface area contributed by atoms with Crippen LogP contribution in [0.15, 0.2) is 42.5 Å². The summed E-state index contributed by atoms with van der Waals surface area (Å²) in [4.78, 5) is 14.6. The zero-order valence-electron chi connectivity index (χ0n) is 15.2. The molecule has 1 saturated heterocycles. The highest BCUT2D eigenvalue weighted by molar-refractivity contribution is 5.97. The standard InChI is InChI=1S/C21H23FN2O3/c1-27-18-14(6-4-8-16(18)22)20(26)24-11-9-21(10-12-24)15-7-3-2-5-13(15)17(23)19(21)25/h2-8,17,19,25H,9-12,23H2,1H3/t17-,19+/m1/s1. The first-order valence-electron chi connectivity index (χ1n) is 9.14. The van der Waals surface area contributed by atoms with E-state index < -0.39 is 23.4 Å². The summed E-state index contributed by atoms with van der Waals surface area (Å²) in [6.07, 6.45) is 0.556. The largest absolute Gasteiger partial charge is 0.493 e. The Morgan fingerprint density at radius 1 is 1.22 bits per heavy atom. The number of nitrogens with two attached hydrogens (primary N) is 1. The van der Waals surface area contributed by atoms with Gasteiger partial charge in [0.15, 0.2) is 11.6 Å². The Balaban J connectivity index is 1.58. The molecule has 6 heteroatoms. The lowest BCUT2D eigenvalue weighted by molar-refractivity contribution is 0.0261. The number of benzene rings is 2. The molecule has 0 aromatic heterocycles. The molecule has 2 aliphatic rings. The van der Waals surface area contributed by atoms with Crippen LogP contribution in [0.1, 0.15) is 40.4 Å². The molecule has 4 rings (SSSR count). The first-order chi connectivity index (χ1) is 13.0. The normalized spacial score (nSPS) is 23.3. The molecule has 27 heavy (non-hydrogen) atoms. The lowest BCUT2D eigenvalue weighted by Gasteiger charge is -2.42. The predicted molar refractivity (Wildman–Crippen MR) is 99.1 cm³/mol. The second-order valence-electron chi connectivity index (χ2n) is 7.33. The molecule has 0 unspecified atom stereocenters. The lowest BCUT2D eigenvalue weighted by Crippen LogP contribution is -2.50. The smallest absolute Gasteiger partial charge is 0.257 e. The molecule has 0 saturated carbocycles. The number of aliphatic hydroxyl groups is 1. The van der Waals surface area contributed by atoms with Gasteiger partial charge in [0.2, 0.25) is 0 Å². The Morgan fingerprint density at radius 2 is 1.93 bits per heavy atom. The molecule has 2 aromatic rings. The summed E-state index contributed by atoms with van der Waals surface area (Å²) in [5.41, 5.74) is 8.10. The van der Waals surface area contributed by atoms with Crippen LogP contribution in [0.2, 0.25) is 0 Å². The number of aliphatic hydroxyl groups excluding tert-OH is 1. The quantitative estimate of drug-likeness (QED) is 0.851. The monoisotopic (exact) mass is 370 g/mol. The van der Waals surface area contributed by atoms with Gasteiger partial charge < -0.3 is 20.5 Å². The summed E-state index contributed by atoms with van der Waals surface area (Å²) in [6, 6.07) is 11.8. The van der Waals surface area contributed by atoms with Crippen LogP contribution in [0.3, 0.4) is 0 Å². The molecule has 1 aliphatic carbocycles. The number of methoxy groups -OCH3 is 1. The van der Waals surface area contributed by atoms with Crippen LogP contribution in [0.25, 0.3) is 0 Å². The molecule has 0 radical (unpaired) electrons. The minimum atomic E-state index is -0.671. The maximum Gasteiger partial charge on any atom is 0.257 e. The zero-order valence-corrected chi connectivity index (χ0v) is 15.2. The number of nitrogens with zero attached hydrogens (tertiary/aromatic N) is 1. The van der Waals surface area contributed by atoms with E-state index in [2.05, 4.69) is 0 Å². The van der Waals surface area contributed by atoms with Crippen molar-refractivity contribution in [2.24, 2.45) is 5.73 Å². The van der Waals surface area contributed by atoms with Gasteiger partial charge in [-0.3, -0.25) is 4.79 Å². The van der Waals surface area contributed by atoms with Gasteiger partial charge in [-0.15, -0.1) is 0 Å². The van der Waals surface area contributed by atoms with E-state index in [4.69, 9.17) is 10.5 Å². The number of ether oxygens (including phenoxy) is 1. The number of rotatable bonds is 2. The minimum absolute atomic E-state index is 0.0314. The van der Waals surface area contributed by atoms with Gasteiger partial charge in [-0.2, -0.15) is 0 Å². The maximum atomic E-state index is 13.9. The average molecular weight is 370 g/mol. The van der Waals surface area contributed by atoms with Gasteiger partial charge in [0.1, 0.15) is 0 Å². The summed E-state index contributed by atoms with van der Waals surface area (Å²) in [7, 11) is 1.35. The Morgan fingerprint density at radius 3 is 2.63 bits per heavy atom. The number of fused-ring (bicyclic) bond motifs is 2. The number of para-hydroxylation sites is 1.